The fourth-order valence-electron chi connectivity index (χ4n) is 2.48. The summed E-state index contributed by atoms with van der Waals surface area (Å²) in [4.78, 5) is 11.4. The second-order valence-corrected chi connectivity index (χ2v) is 5.09. The third-order valence-electron chi connectivity index (χ3n) is 3.45. The first-order valence-corrected chi connectivity index (χ1v) is 6.70. The molecular weight excluding hydrogens is 248 g/mol. The number of aryl methyl sites for hydroxylation is 2. The SMILES string of the molecule is Cc1cccc(CN(C)c2nc3ccccc3n2C)n1. The van der Waals surface area contributed by atoms with Gasteiger partial charge in [0, 0.05) is 19.8 Å². The fraction of sp³-hybridized carbons (Fsp3) is 0.250. The van der Waals surface area contributed by atoms with Gasteiger partial charge in [0.2, 0.25) is 5.95 Å². The van der Waals surface area contributed by atoms with Gasteiger partial charge in [0.25, 0.3) is 0 Å². The van der Waals surface area contributed by atoms with Gasteiger partial charge >= 0.3 is 0 Å². The third-order valence-corrected chi connectivity index (χ3v) is 3.45. The Bertz CT molecular complexity index is 745. The van der Waals surface area contributed by atoms with Crippen LogP contribution in [0.15, 0.2) is 42.5 Å². The van der Waals surface area contributed by atoms with Crippen LogP contribution >= 0.6 is 0 Å². The van der Waals surface area contributed by atoms with Gasteiger partial charge in [-0.3, -0.25) is 4.98 Å². The molecule has 0 saturated carbocycles. The number of hydrogen-bond acceptors (Lipinski definition) is 3. The highest BCUT2D eigenvalue weighted by Gasteiger charge is 2.12. The summed E-state index contributed by atoms with van der Waals surface area (Å²) in [5, 5.41) is 0. The molecule has 3 rings (SSSR count). The molecule has 20 heavy (non-hydrogen) atoms. The largest absolute Gasteiger partial charge is 0.339 e. The molecule has 0 N–H and O–H groups in total. The zero-order valence-electron chi connectivity index (χ0n) is 12.0. The first kappa shape index (κ1) is 12.7. The number of hydrogen-bond donors (Lipinski definition) is 0. The minimum absolute atomic E-state index is 0.749. The van der Waals surface area contributed by atoms with Crippen LogP contribution in [0.25, 0.3) is 11.0 Å². The van der Waals surface area contributed by atoms with Crippen molar-refractivity contribution >= 4 is 17.0 Å². The van der Waals surface area contributed by atoms with E-state index in [9.17, 15) is 0 Å². The molecule has 0 bridgehead atoms. The van der Waals surface area contributed by atoms with E-state index in [1.807, 2.05) is 57.4 Å². The molecule has 4 heteroatoms. The van der Waals surface area contributed by atoms with Crippen LogP contribution in [0, 0.1) is 6.92 Å². The van der Waals surface area contributed by atoms with Gasteiger partial charge in [-0.1, -0.05) is 18.2 Å². The molecule has 2 heterocycles. The van der Waals surface area contributed by atoms with Crippen LogP contribution in [-0.4, -0.2) is 21.6 Å². The van der Waals surface area contributed by atoms with Crippen LogP contribution in [0.4, 0.5) is 5.95 Å². The first-order chi connectivity index (χ1) is 9.65. The van der Waals surface area contributed by atoms with Gasteiger partial charge in [-0.2, -0.15) is 0 Å². The average Bonchev–Trinajstić information content (AvgIpc) is 2.77. The molecule has 102 valence electrons. The summed E-state index contributed by atoms with van der Waals surface area (Å²) < 4.78 is 2.12. The Labute approximate surface area is 118 Å². The summed E-state index contributed by atoms with van der Waals surface area (Å²) in [6.07, 6.45) is 0. The molecule has 0 aliphatic heterocycles. The Morgan fingerprint density at radius 2 is 1.85 bits per heavy atom. The number of para-hydroxylation sites is 2. The highest BCUT2D eigenvalue weighted by molar-refractivity contribution is 5.78. The molecule has 0 aliphatic rings. The van der Waals surface area contributed by atoms with Gasteiger partial charge in [0.1, 0.15) is 0 Å². The van der Waals surface area contributed by atoms with Crippen molar-refractivity contribution in [1.82, 2.24) is 14.5 Å². The van der Waals surface area contributed by atoms with Crippen molar-refractivity contribution < 1.29 is 0 Å². The zero-order chi connectivity index (χ0) is 14.1. The molecule has 0 atom stereocenters. The number of benzene rings is 1. The van der Waals surface area contributed by atoms with Gasteiger partial charge in [-0.05, 0) is 31.2 Å². The molecule has 0 spiro atoms. The van der Waals surface area contributed by atoms with Crippen molar-refractivity contribution in [2.24, 2.45) is 7.05 Å². The zero-order valence-corrected chi connectivity index (χ0v) is 12.0. The third kappa shape index (κ3) is 2.25. The summed E-state index contributed by atoms with van der Waals surface area (Å²) >= 11 is 0. The lowest BCUT2D eigenvalue weighted by Gasteiger charge is -2.18. The van der Waals surface area contributed by atoms with Crippen LogP contribution in [-0.2, 0) is 13.6 Å². The Morgan fingerprint density at radius 1 is 1.05 bits per heavy atom. The molecular formula is C16H18N4. The van der Waals surface area contributed by atoms with Crippen LogP contribution in [0.2, 0.25) is 0 Å². The number of pyridine rings is 1. The predicted octanol–water partition coefficient (Wildman–Crippen LogP) is 2.91. The Balaban J connectivity index is 1.92. The topological polar surface area (TPSA) is 34.0 Å². The molecule has 0 radical (unpaired) electrons. The molecule has 3 aromatic rings. The molecule has 0 saturated heterocycles. The number of fused-ring (bicyclic) bond motifs is 1. The Morgan fingerprint density at radius 3 is 2.60 bits per heavy atom. The second-order valence-electron chi connectivity index (χ2n) is 5.09. The van der Waals surface area contributed by atoms with Crippen LogP contribution < -0.4 is 4.90 Å². The maximum Gasteiger partial charge on any atom is 0.206 e. The van der Waals surface area contributed by atoms with Gasteiger partial charge in [-0.15, -0.1) is 0 Å². The van der Waals surface area contributed by atoms with E-state index in [4.69, 9.17) is 4.98 Å². The van der Waals surface area contributed by atoms with Crippen LogP contribution in [0.3, 0.4) is 0 Å². The normalized spacial score (nSPS) is 10.9. The van der Waals surface area contributed by atoms with Crippen molar-refractivity contribution in [2.75, 3.05) is 11.9 Å². The summed E-state index contributed by atoms with van der Waals surface area (Å²) in [7, 11) is 4.09. The minimum atomic E-state index is 0.749. The number of aromatic nitrogens is 3. The van der Waals surface area contributed by atoms with Gasteiger partial charge in [-0.25, -0.2) is 4.98 Å². The molecule has 0 aliphatic carbocycles. The van der Waals surface area contributed by atoms with Crippen molar-refractivity contribution in [2.45, 2.75) is 13.5 Å². The van der Waals surface area contributed by atoms with E-state index in [0.29, 0.717) is 0 Å². The first-order valence-electron chi connectivity index (χ1n) is 6.70. The monoisotopic (exact) mass is 266 g/mol. The van der Waals surface area contributed by atoms with Crippen LogP contribution in [0.5, 0.6) is 0 Å². The van der Waals surface area contributed by atoms with E-state index in [2.05, 4.69) is 20.5 Å². The highest BCUT2D eigenvalue weighted by Crippen LogP contribution is 2.21. The quantitative estimate of drug-likeness (QED) is 0.731. The van der Waals surface area contributed by atoms with Crippen molar-refractivity contribution in [3.05, 3.63) is 53.9 Å². The van der Waals surface area contributed by atoms with E-state index in [1.165, 1.54) is 0 Å². The lowest BCUT2D eigenvalue weighted by atomic mass is 10.3. The van der Waals surface area contributed by atoms with Gasteiger partial charge < -0.3 is 9.47 Å². The molecule has 0 amide bonds. The van der Waals surface area contributed by atoms with E-state index in [-0.39, 0.29) is 0 Å². The summed E-state index contributed by atoms with van der Waals surface area (Å²) in [6, 6.07) is 14.3. The summed E-state index contributed by atoms with van der Waals surface area (Å²) in [5.74, 6) is 0.953. The smallest absolute Gasteiger partial charge is 0.206 e. The molecule has 0 unspecified atom stereocenters. The molecule has 4 nitrogen and oxygen atoms in total. The maximum atomic E-state index is 4.69. The lowest BCUT2D eigenvalue weighted by Crippen LogP contribution is -2.20. The van der Waals surface area contributed by atoms with E-state index < -0.39 is 0 Å². The fourth-order valence-corrected chi connectivity index (χ4v) is 2.48. The van der Waals surface area contributed by atoms with E-state index >= 15 is 0 Å². The standard InChI is InChI=1S/C16H18N4/c1-12-7-6-8-13(17-12)11-19(2)16-18-14-9-4-5-10-15(14)20(16)3/h4-10H,11H2,1-3H3. The summed E-state index contributed by atoms with van der Waals surface area (Å²) in [6.45, 7) is 2.76. The van der Waals surface area contributed by atoms with E-state index in [1.54, 1.807) is 0 Å². The lowest BCUT2D eigenvalue weighted by molar-refractivity contribution is 0.800. The molecule has 0 fully saturated rings. The number of imidazole rings is 1. The van der Waals surface area contributed by atoms with Gasteiger partial charge in [0.05, 0.1) is 23.3 Å². The molecule has 2 aromatic heterocycles. The highest BCUT2D eigenvalue weighted by atomic mass is 15.3. The van der Waals surface area contributed by atoms with Crippen LogP contribution in [0.1, 0.15) is 11.4 Å². The number of nitrogens with zero attached hydrogens (tertiary/aromatic N) is 4. The minimum Gasteiger partial charge on any atom is -0.339 e. The Hall–Kier alpha value is -2.36. The molecule has 1 aromatic carbocycles. The van der Waals surface area contributed by atoms with Crippen molar-refractivity contribution in [1.29, 1.82) is 0 Å². The predicted molar refractivity (Wildman–Crippen MR) is 81.8 cm³/mol. The number of anilines is 1. The average molecular weight is 266 g/mol. The van der Waals surface area contributed by atoms with Crippen molar-refractivity contribution in [3.8, 4) is 0 Å². The second kappa shape index (κ2) is 4.96. The maximum absolute atomic E-state index is 4.69. The van der Waals surface area contributed by atoms with Gasteiger partial charge in [0.15, 0.2) is 0 Å². The Kier molecular flexibility index (Phi) is 3.14. The van der Waals surface area contributed by atoms with E-state index in [0.717, 1.165) is 34.9 Å². The summed E-state index contributed by atoms with van der Waals surface area (Å²) in [5.41, 5.74) is 4.26. The number of rotatable bonds is 3. The van der Waals surface area contributed by atoms with Crippen molar-refractivity contribution in [3.63, 3.8) is 0 Å².